The summed E-state index contributed by atoms with van der Waals surface area (Å²) in [5, 5.41) is 23.3. The maximum atomic E-state index is 12.2. The molecule has 3 amide bonds. The summed E-state index contributed by atoms with van der Waals surface area (Å²) in [6.07, 6.45) is 0.188. The van der Waals surface area contributed by atoms with E-state index in [0.29, 0.717) is 29.0 Å². The van der Waals surface area contributed by atoms with E-state index in [1.165, 1.54) is 0 Å². The summed E-state index contributed by atoms with van der Waals surface area (Å²) < 4.78 is 0. The Morgan fingerprint density at radius 1 is 1.08 bits per heavy atom. The van der Waals surface area contributed by atoms with Crippen molar-refractivity contribution < 1.29 is 9.59 Å². The fourth-order valence-corrected chi connectivity index (χ4v) is 2.80. The average Bonchev–Trinajstić information content (AvgIpc) is 3.02. The number of nitrogens with zero attached hydrogens (tertiary/aromatic N) is 3. The summed E-state index contributed by atoms with van der Waals surface area (Å²) in [5.41, 5.74) is 1.99. The molecular weight excluding hydrogens is 330 g/mol. The van der Waals surface area contributed by atoms with Gasteiger partial charge in [0, 0.05) is 18.7 Å². The fourth-order valence-electron chi connectivity index (χ4n) is 2.80. The first-order valence-electron chi connectivity index (χ1n) is 7.98. The Bertz CT molecular complexity index is 924. The lowest BCUT2D eigenvalue weighted by molar-refractivity contribution is -0.117. The number of benzene rings is 2. The first-order valence-corrected chi connectivity index (χ1v) is 7.98. The molecule has 1 unspecified atom stereocenters. The molecule has 128 valence electrons. The molecule has 1 heterocycles. The zero-order chi connectivity index (χ0) is 18.5. The van der Waals surface area contributed by atoms with E-state index >= 15 is 0 Å². The van der Waals surface area contributed by atoms with Crippen LogP contribution in [0.25, 0.3) is 0 Å². The normalized spacial score (nSPS) is 15.8. The predicted octanol–water partition coefficient (Wildman–Crippen LogP) is 2.36. The molecule has 7 nitrogen and oxygen atoms in total. The highest BCUT2D eigenvalue weighted by Crippen LogP contribution is 2.22. The molecule has 1 fully saturated rings. The lowest BCUT2D eigenvalue weighted by atomic mass is 10.2. The predicted molar refractivity (Wildman–Crippen MR) is 95.2 cm³/mol. The van der Waals surface area contributed by atoms with Gasteiger partial charge in [-0.3, -0.25) is 4.79 Å². The number of carbonyl (C=O) groups excluding carboxylic acids is 2. The topological polar surface area (TPSA) is 109 Å². The van der Waals surface area contributed by atoms with Gasteiger partial charge in [-0.1, -0.05) is 12.1 Å². The molecule has 1 saturated heterocycles. The van der Waals surface area contributed by atoms with Crippen LogP contribution in [0.2, 0.25) is 0 Å². The summed E-state index contributed by atoms with van der Waals surface area (Å²) >= 11 is 0. The van der Waals surface area contributed by atoms with Gasteiger partial charge in [0.15, 0.2) is 0 Å². The summed E-state index contributed by atoms with van der Waals surface area (Å²) in [7, 11) is 0. The zero-order valence-electron chi connectivity index (χ0n) is 13.8. The Morgan fingerprint density at radius 2 is 1.81 bits per heavy atom. The van der Waals surface area contributed by atoms with E-state index in [-0.39, 0.29) is 18.4 Å². The Hall–Kier alpha value is -3.84. The monoisotopic (exact) mass is 345 g/mol. The first-order chi connectivity index (χ1) is 12.6. The summed E-state index contributed by atoms with van der Waals surface area (Å²) in [4.78, 5) is 26.0. The van der Waals surface area contributed by atoms with Crippen LogP contribution in [0.3, 0.4) is 0 Å². The Morgan fingerprint density at radius 3 is 2.50 bits per heavy atom. The number of hydrogen-bond donors (Lipinski definition) is 2. The molecule has 3 rings (SSSR count). The number of urea groups is 1. The quantitative estimate of drug-likeness (QED) is 0.890. The van der Waals surface area contributed by atoms with Crippen molar-refractivity contribution >= 4 is 23.3 Å². The van der Waals surface area contributed by atoms with Crippen molar-refractivity contribution in [1.82, 2.24) is 5.32 Å². The average molecular weight is 345 g/mol. The number of anilines is 2. The zero-order valence-corrected chi connectivity index (χ0v) is 13.8. The van der Waals surface area contributed by atoms with Gasteiger partial charge < -0.3 is 15.5 Å². The Kier molecular flexibility index (Phi) is 4.82. The molecule has 2 aromatic carbocycles. The lowest BCUT2D eigenvalue weighted by Gasteiger charge is -2.17. The second-order valence-corrected chi connectivity index (χ2v) is 5.82. The highest BCUT2D eigenvalue weighted by molar-refractivity contribution is 5.98. The van der Waals surface area contributed by atoms with E-state index in [0.717, 1.165) is 0 Å². The number of carbonyl (C=O) groups is 2. The summed E-state index contributed by atoms with van der Waals surface area (Å²) in [5.74, 6) is -0.0996. The largest absolute Gasteiger partial charge is 0.333 e. The number of nitriles is 2. The van der Waals surface area contributed by atoms with Crippen LogP contribution in [0.4, 0.5) is 16.2 Å². The van der Waals surface area contributed by atoms with Crippen molar-refractivity contribution in [2.75, 3.05) is 16.8 Å². The van der Waals surface area contributed by atoms with Gasteiger partial charge in [-0.2, -0.15) is 10.5 Å². The van der Waals surface area contributed by atoms with E-state index in [9.17, 15) is 9.59 Å². The minimum Gasteiger partial charge on any atom is -0.333 e. The van der Waals surface area contributed by atoms with Crippen LogP contribution in [-0.4, -0.2) is 24.5 Å². The Balaban J connectivity index is 1.63. The van der Waals surface area contributed by atoms with Gasteiger partial charge >= 0.3 is 6.03 Å². The molecular formula is C19H15N5O2. The number of nitrogens with one attached hydrogen (secondary N) is 2. The van der Waals surface area contributed by atoms with Crippen LogP contribution in [0.1, 0.15) is 17.5 Å². The van der Waals surface area contributed by atoms with Crippen LogP contribution in [0, 0.1) is 22.7 Å². The van der Waals surface area contributed by atoms with Gasteiger partial charge in [0.05, 0.1) is 28.9 Å². The molecule has 0 bridgehead atoms. The van der Waals surface area contributed by atoms with Crippen LogP contribution in [0.15, 0.2) is 48.5 Å². The maximum Gasteiger partial charge on any atom is 0.319 e. The SMILES string of the molecule is N#Cc1ccc(N2CC(NC(=O)Nc3ccccc3C#N)CC2=O)cc1. The molecule has 2 aromatic rings. The Labute approximate surface area is 150 Å². The summed E-state index contributed by atoms with van der Waals surface area (Å²) in [6, 6.07) is 16.6. The van der Waals surface area contributed by atoms with Gasteiger partial charge in [0.2, 0.25) is 5.91 Å². The smallest absolute Gasteiger partial charge is 0.319 e. The third-order valence-electron chi connectivity index (χ3n) is 4.06. The molecule has 1 aliphatic heterocycles. The van der Waals surface area contributed by atoms with Crippen LogP contribution in [0.5, 0.6) is 0 Å². The molecule has 0 radical (unpaired) electrons. The van der Waals surface area contributed by atoms with Crippen molar-refractivity contribution in [3.63, 3.8) is 0 Å². The molecule has 7 heteroatoms. The fraction of sp³-hybridized carbons (Fsp3) is 0.158. The molecule has 1 atom stereocenters. The van der Waals surface area contributed by atoms with Crippen molar-refractivity contribution in [3.8, 4) is 12.1 Å². The van der Waals surface area contributed by atoms with E-state index in [4.69, 9.17) is 10.5 Å². The third kappa shape index (κ3) is 3.63. The van der Waals surface area contributed by atoms with Gasteiger partial charge in [0.1, 0.15) is 6.07 Å². The standard InChI is InChI=1S/C19H15N5O2/c20-10-13-5-7-16(8-6-13)24-12-15(9-18(24)25)22-19(26)23-17-4-2-1-3-14(17)11-21/h1-8,15H,9,12H2,(H2,22,23,26). The van der Waals surface area contributed by atoms with Crippen LogP contribution < -0.4 is 15.5 Å². The molecule has 0 spiro atoms. The van der Waals surface area contributed by atoms with Gasteiger partial charge in [-0.05, 0) is 36.4 Å². The van der Waals surface area contributed by atoms with E-state index in [2.05, 4.69) is 10.6 Å². The number of rotatable bonds is 3. The van der Waals surface area contributed by atoms with Crippen molar-refractivity contribution in [3.05, 3.63) is 59.7 Å². The van der Waals surface area contributed by atoms with Crippen molar-refractivity contribution in [2.45, 2.75) is 12.5 Å². The molecule has 26 heavy (non-hydrogen) atoms. The minimum atomic E-state index is -0.466. The molecule has 0 saturated carbocycles. The van der Waals surface area contributed by atoms with E-state index < -0.39 is 6.03 Å². The molecule has 1 aliphatic rings. The minimum absolute atomic E-state index is 0.0996. The highest BCUT2D eigenvalue weighted by atomic mass is 16.2. The first kappa shape index (κ1) is 17.0. The second kappa shape index (κ2) is 7.37. The second-order valence-electron chi connectivity index (χ2n) is 5.82. The van der Waals surface area contributed by atoms with Crippen LogP contribution in [-0.2, 0) is 4.79 Å². The van der Waals surface area contributed by atoms with Crippen molar-refractivity contribution in [2.24, 2.45) is 0 Å². The summed E-state index contributed by atoms with van der Waals surface area (Å²) in [6.45, 7) is 0.345. The third-order valence-corrected chi connectivity index (χ3v) is 4.06. The van der Waals surface area contributed by atoms with Gasteiger partial charge in [-0.25, -0.2) is 4.79 Å². The van der Waals surface area contributed by atoms with E-state index in [1.54, 1.807) is 53.4 Å². The molecule has 2 N–H and O–H groups in total. The van der Waals surface area contributed by atoms with Crippen LogP contribution >= 0.6 is 0 Å². The molecule has 0 aromatic heterocycles. The van der Waals surface area contributed by atoms with E-state index in [1.807, 2.05) is 12.1 Å². The van der Waals surface area contributed by atoms with Gasteiger partial charge in [0.25, 0.3) is 0 Å². The number of hydrogen-bond acceptors (Lipinski definition) is 4. The van der Waals surface area contributed by atoms with Gasteiger partial charge in [-0.15, -0.1) is 0 Å². The highest BCUT2D eigenvalue weighted by Gasteiger charge is 2.31. The maximum absolute atomic E-state index is 12.2. The van der Waals surface area contributed by atoms with Crippen molar-refractivity contribution in [1.29, 1.82) is 10.5 Å². The number of amides is 3. The number of para-hydroxylation sites is 1. The molecule has 0 aliphatic carbocycles. The lowest BCUT2D eigenvalue weighted by Crippen LogP contribution is -2.39.